The minimum atomic E-state index is -0.787. The van der Waals surface area contributed by atoms with Gasteiger partial charge in [-0.2, -0.15) is 0 Å². The molecule has 1 atom stereocenters. The second-order valence-corrected chi connectivity index (χ2v) is 19.9. The lowest BCUT2D eigenvalue weighted by Gasteiger charge is -2.18. The molecule has 0 amide bonds. The van der Waals surface area contributed by atoms with E-state index in [0.29, 0.717) is 25.7 Å². The fourth-order valence-corrected chi connectivity index (χ4v) is 8.76. The van der Waals surface area contributed by atoms with E-state index in [1.807, 2.05) is 0 Å². The fraction of sp³-hybridized carbons (Fsp3) is 0.852. The quantitative estimate of drug-likeness (QED) is 0.0262. The summed E-state index contributed by atoms with van der Waals surface area (Å²) in [5.41, 5.74) is 0. The van der Waals surface area contributed by atoms with Gasteiger partial charge in [-0.05, 0) is 44.9 Å². The number of rotatable bonds is 54. The Balaban J connectivity index is 4.28. The SMILES string of the molecule is CC/C=C\C/C=C\C/C=C\CCCC(=O)OCC(COC(=O)CCCCCCCCCCCCCCCCCCCCC)OC(=O)CCCCCCCCCCCCCCCCCCCCC. The Morgan fingerprint density at radius 1 is 0.313 bits per heavy atom. The van der Waals surface area contributed by atoms with Gasteiger partial charge in [-0.3, -0.25) is 14.4 Å². The third-order valence-electron chi connectivity index (χ3n) is 13.2. The molecule has 0 aromatic rings. The second-order valence-electron chi connectivity index (χ2n) is 19.9. The highest BCUT2D eigenvalue weighted by atomic mass is 16.6. The molecule has 0 fully saturated rings. The average molecular weight is 942 g/mol. The summed E-state index contributed by atoms with van der Waals surface area (Å²) in [5, 5.41) is 0. The molecule has 0 aliphatic carbocycles. The van der Waals surface area contributed by atoms with Crippen LogP contribution in [0.1, 0.15) is 316 Å². The zero-order valence-electron chi connectivity index (χ0n) is 44.9. The Morgan fingerprint density at radius 2 is 0.582 bits per heavy atom. The molecule has 0 radical (unpaired) electrons. The molecule has 6 nitrogen and oxygen atoms in total. The van der Waals surface area contributed by atoms with Crippen LogP contribution >= 0.6 is 0 Å². The van der Waals surface area contributed by atoms with E-state index in [4.69, 9.17) is 14.2 Å². The van der Waals surface area contributed by atoms with E-state index in [2.05, 4.69) is 57.2 Å². The van der Waals surface area contributed by atoms with Crippen molar-refractivity contribution in [1.29, 1.82) is 0 Å². The van der Waals surface area contributed by atoms with Crippen molar-refractivity contribution in [3.05, 3.63) is 36.5 Å². The number of allylic oxidation sites excluding steroid dienone is 6. The fourth-order valence-electron chi connectivity index (χ4n) is 8.76. The molecule has 0 aliphatic rings. The maximum Gasteiger partial charge on any atom is 0.306 e. The van der Waals surface area contributed by atoms with Gasteiger partial charge in [0.1, 0.15) is 13.2 Å². The van der Waals surface area contributed by atoms with E-state index < -0.39 is 6.10 Å². The molecule has 6 heteroatoms. The average Bonchev–Trinajstić information content (AvgIpc) is 3.33. The van der Waals surface area contributed by atoms with Crippen LogP contribution in [0, 0.1) is 0 Å². The predicted molar refractivity (Wildman–Crippen MR) is 289 cm³/mol. The highest BCUT2D eigenvalue weighted by Crippen LogP contribution is 2.17. The minimum absolute atomic E-state index is 0.0827. The lowest BCUT2D eigenvalue weighted by molar-refractivity contribution is -0.167. The van der Waals surface area contributed by atoms with Crippen molar-refractivity contribution in [2.45, 2.75) is 322 Å². The second kappa shape index (κ2) is 56.2. The first-order chi connectivity index (χ1) is 33.0. The first-order valence-corrected chi connectivity index (χ1v) is 29.5. The van der Waals surface area contributed by atoms with E-state index in [9.17, 15) is 14.4 Å². The Kier molecular flexibility index (Phi) is 54.2. The number of unbranched alkanes of at least 4 members (excludes halogenated alkanes) is 37. The van der Waals surface area contributed by atoms with E-state index in [1.165, 1.54) is 205 Å². The first kappa shape index (κ1) is 64.6. The lowest BCUT2D eigenvalue weighted by atomic mass is 10.0. The van der Waals surface area contributed by atoms with Crippen molar-refractivity contribution >= 4 is 17.9 Å². The van der Waals surface area contributed by atoms with Crippen molar-refractivity contribution in [3.8, 4) is 0 Å². The van der Waals surface area contributed by atoms with Crippen molar-refractivity contribution in [2.75, 3.05) is 13.2 Å². The monoisotopic (exact) mass is 941 g/mol. The molecule has 0 aromatic carbocycles. The van der Waals surface area contributed by atoms with Gasteiger partial charge in [0.25, 0.3) is 0 Å². The molecule has 0 saturated carbocycles. The van der Waals surface area contributed by atoms with Gasteiger partial charge in [0.05, 0.1) is 0 Å². The largest absolute Gasteiger partial charge is 0.462 e. The molecular weight excluding hydrogens is 829 g/mol. The Morgan fingerprint density at radius 3 is 0.910 bits per heavy atom. The number of hydrogen-bond acceptors (Lipinski definition) is 6. The Bertz CT molecular complexity index is 1130. The first-order valence-electron chi connectivity index (χ1n) is 29.5. The summed E-state index contributed by atoms with van der Waals surface area (Å²) in [4.78, 5) is 38.1. The molecule has 0 saturated heterocycles. The van der Waals surface area contributed by atoms with Crippen LogP contribution in [0.4, 0.5) is 0 Å². The molecular formula is C61H112O6. The summed E-state index contributed by atoms with van der Waals surface area (Å²) in [6, 6.07) is 0. The van der Waals surface area contributed by atoms with Gasteiger partial charge in [-0.1, -0.05) is 288 Å². The molecule has 0 aromatic heterocycles. The Labute approximate surface area is 416 Å². The molecule has 0 aliphatic heterocycles. The Hall–Kier alpha value is -2.37. The summed E-state index contributed by atoms with van der Waals surface area (Å²) in [7, 11) is 0. The highest BCUT2D eigenvalue weighted by molar-refractivity contribution is 5.71. The van der Waals surface area contributed by atoms with Crippen LogP contribution in [-0.4, -0.2) is 37.2 Å². The van der Waals surface area contributed by atoms with Crippen LogP contribution in [0.15, 0.2) is 36.5 Å². The summed E-state index contributed by atoms with van der Waals surface area (Å²) >= 11 is 0. The van der Waals surface area contributed by atoms with Gasteiger partial charge in [0.2, 0.25) is 0 Å². The summed E-state index contributed by atoms with van der Waals surface area (Å²) in [6.07, 6.45) is 67.3. The van der Waals surface area contributed by atoms with Crippen LogP contribution in [-0.2, 0) is 28.6 Å². The van der Waals surface area contributed by atoms with Crippen LogP contribution < -0.4 is 0 Å². The van der Waals surface area contributed by atoms with Gasteiger partial charge in [-0.15, -0.1) is 0 Å². The maximum atomic E-state index is 12.9. The number of esters is 3. The molecule has 0 bridgehead atoms. The number of hydrogen-bond donors (Lipinski definition) is 0. The van der Waals surface area contributed by atoms with Gasteiger partial charge in [0.15, 0.2) is 6.10 Å². The van der Waals surface area contributed by atoms with E-state index in [0.717, 1.165) is 64.2 Å². The van der Waals surface area contributed by atoms with Gasteiger partial charge >= 0.3 is 17.9 Å². The standard InChI is InChI=1S/C61H112O6/c1-4-7-10-13-16-19-22-24-26-28-30-32-34-36-39-42-45-48-51-54-60(63)66-57-58(56-65-59(62)53-50-47-44-41-38-21-18-15-12-9-6-3)67-61(64)55-52-49-46-43-40-37-35-33-31-29-27-25-23-20-17-14-11-8-5-2/h9,12,18,21,41,44,58H,4-8,10-11,13-17,19-20,22-40,42-43,45-57H2,1-3H3/b12-9-,21-18-,44-41-. The van der Waals surface area contributed by atoms with Crippen molar-refractivity contribution in [2.24, 2.45) is 0 Å². The zero-order chi connectivity index (χ0) is 48.6. The van der Waals surface area contributed by atoms with E-state index in [1.54, 1.807) is 0 Å². The van der Waals surface area contributed by atoms with Gasteiger partial charge in [0, 0.05) is 19.3 Å². The lowest BCUT2D eigenvalue weighted by Crippen LogP contribution is -2.30. The maximum absolute atomic E-state index is 12.9. The van der Waals surface area contributed by atoms with Crippen molar-refractivity contribution < 1.29 is 28.6 Å². The summed E-state index contributed by atoms with van der Waals surface area (Å²) in [6.45, 7) is 6.53. The van der Waals surface area contributed by atoms with Gasteiger partial charge in [-0.25, -0.2) is 0 Å². The highest BCUT2D eigenvalue weighted by Gasteiger charge is 2.19. The van der Waals surface area contributed by atoms with Crippen LogP contribution in [0.2, 0.25) is 0 Å². The van der Waals surface area contributed by atoms with Crippen molar-refractivity contribution in [3.63, 3.8) is 0 Å². The van der Waals surface area contributed by atoms with Crippen LogP contribution in [0.5, 0.6) is 0 Å². The normalized spacial score (nSPS) is 12.2. The number of carbonyl (C=O) groups is 3. The number of carbonyl (C=O) groups excluding carboxylic acids is 3. The van der Waals surface area contributed by atoms with E-state index >= 15 is 0 Å². The molecule has 0 heterocycles. The molecule has 392 valence electrons. The number of ether oxygens (including phenoxy) is 3. The zero-order valence-corrected chi connectivity index (χ0v) is 44.9. The third-order valence-corrected chi connectivity index (χ3v) is 13.2. The summed E-state index contributed by atoms with van der Waals surface area (Å²) < 4.78 is 16.8. The minimum Gasteiger partial charge on any atom is -0.462 e. The molecule has 0 N–H and O–H groups in total. The summed E-state index contributed by atoms with van der Waals surface area (Å²) in [5.74, 6) is -0.920. The smallest absolute Gasteiger partial charge is 0.306 e. The molecule has 1 unspecified atom stereocenters. The molecule has 0 spiro atoms. The third kappa shape index (κ3) is 54.4. The van der Waals surface area contributed by atoms with Crippen LogP contribution in [0.25, 0.3) is 0 Å². The molecule has 67 heavy (non-hydrogen) atoms. The molecule has 0 rings (SSSR count). The van der Waals surface area contributed by atoms with Crippen molar-refractivity contribution in [1.82, 2.24) is 0 Å². The van der Waals surface area contributed by atoms with Gasteiger partial charge < -0.3 is 14.2 Å². The topological polar surface area (TPSA) is 78.9 Å². The van der Waals surface area contributed by atoms with Crippen LogP contribution in [0.3, 0.4) is 0 Å². The van der Waals surface area contributed by atoms with E-state index in [-0.39, 0.29) is 31.1 Å². The predicted octanol–water partition coefficient (Wildman–Crippen LogP) is 19.7.